The first-order chi connectivity index (χ1) is 14.6. The number of amides is 2. The lowest BCUT2D eigenvalue weighted by atomic mass is 9.82. The van der Waals surface area contributed by atoms with Gasteiger partial charge in [0.05, 0.1) is 38.1 Å². The fraction of sp³-hybridized carbons (Fsp3) is 0.476. The van der Waals surface area contributed by atoms with Crippen LogP contribution >= 0.6 is 0 Å². The van der Waals surface area contributed by atoms with Gasteiger partial charge < -0.3 is 23.8 Å². The maximum Gasteiger partial charge on any atom is 0.292 e. The van der Waals surface area contributed by atoms with Crippen molar-refractivity contribution in [1.82, 2.24) is 19.9 Å². The molecule has 158 valence electrons. The molecule has 1 atom stereocenters. The molecule has 0 N–H and O–H groups in total. The molecule has 0 saturated carbocycles. The van der Waals surface area contributed by atoms with E-state index in [9.17, 15) is 9.59 Å². The number of morpholine rings is 1. The Balaban J connectivity index is 1.37. The summed E-state index contributed by atoms with van der Waals surface area (Å²) in [5.74, 6) is 0.698. The minimum absolute atomic E-state index is 0.0292. The van der Waals surface area contributed by atoms with Crippen molar-refractivity contribution >= 4 is 11.8 Å². The first-order valence-electron chi connectivity index (χ1n) is 10.1. The van der Waals surface area contributed by atoms with Crippen molar-refractivity contribution in [2.45, 2.75) is 11.6 Å². The molecule has 1 unspecified atom stereocenters. The van der Waals surface area contributed by atoms with Crippen LogP contribution in [0.3, 0.4) is 0 Å². The molecule has 30 heavy (non-hydrogen) atoms. The van der Waals surface area contributed by atoms with Crippen LogP contribution in [-0.2, 0) is 4.74 Å². The Morgan fingerprint density at radius 3 is 2.77 bits per heavy atom. The van der Waals surface area contributed by atoms with Gasteiger partial charge in [-0.05, 0) is 18.2 Å². The summed E-state index contributed by atoms with van der Waals surface area (Å²) in [6.07, 6.45) is 1.47. The number of ether oxygens (including phenoxy) is 2. The molecular weight excluding hydrogens is 388 g/mol. The molecule has 3 saturated heterocycles. The predicted octanol–water partition coefficient (Wildman–Crippen LogP) is 0.735. The van der Waals surface area contributed by atoms with Crippen LogP contribution in [0, 0.1) is 0 Å². The van der Waals surface area contributed by atoms with Gasteiger partial charge in [0.15, 0.2) is 0 Å². The van der Waals surface area contributed by atoms with Gasteiger partial charge in [-0.3, -0.25) is 14.5 Å². The maximum absolute atomic E-state index is 13.3. The van der Waals surface area contributed by atoms with Crippen molar-refractivity contribution in [3.63, 3.8) is 0 Å². The number of carbonyl (C=O) groups excluding carboxylic acids is 2. The van der Waals surface area contributed by atoms with Crippen LogP contribution < -0.4 is 4.74 Å². The minimum atomic E-state index is -0.267. The van der Waals surface area contributed by atoms with Crippen LogP contribution in [0.15, 0.2) is 41.1 Å². The van der Waals surface area contributed by atoms with Gasteiger partial charge in [0.1, 0.15) is 5.75 Å². The summed E-state index contributed by atoms with van der Waals surface area (Å²) in [6.45, 7) is 4.32. The maximum atomic E-state index is 13.3. The molecular formula is C21H24N4O5. The van der Waals surface area contributed by atoms with Gasteiger partial charge in [-0.2, -0.15) is 0 Å². The molecule has 1 spiro atoms. The smallest absolute Gasteiger partial charge is 0.292 e. The van der Waals surface area contributed by atoms with Gasteiger partial charge >= 0.3 is 0 Å². The number of fused-ring (bicyclic) bond motifs is 2. The molecule has 1 aromatic heterocycles. The Labute approximate surface area is 174 Å². The van der Waals surface area contributed by atoms with Gasteiger partial charge in [-0.25, -0.2) is 0 Å². The number of rotatable bonds is 3. The number of aromatic nitrogens is 1. The van der Waals surface area contributed by atoms with E-state index in [-0.39, 0.29) is 29.2 Å². The van der Waals surface area contributed by atoms with Crippen molar-refractivity contribution in [3.05, 3.63) is 47.9 Å². The summed E-state index contributed by atoms with van der Waals surface area (Å²) >= 11 is 0. The van der Waals surface area contributed by atoms with E-state index in [0.717, 1.165) is 6.54 Å². The summed E-state index contributed by atoms with van der Waals surface area (Å²) < 4.78 is 16.0. The Hall–Kier alpha value is -2.91. The lowest BCUT2D eigenvalue weighted by Crippen LogP contribution is -2.81. The first kappa shape index (κ1) is 19.1. The highest BCUT2D eigenvalue weighted by molar-refractivity contribution is 5.95. The molecule has 2 amide bonds. The number of hydrogen-bond acceptors (Lipinski definition) is 7. The number of methoxy groups -OCH3 is 1. The molecule has 4 heterocycles. The first-order valence-corrected chi connectivity index (χ1v) is 10.1. The number of nitrogens with zero attached hydrogens (tertiary/aromatic N) is 4. The molecule has 2 aromatic rings. The third kappa shape index (κ3) is 3.14. The summed E-state index contributed by atoms with van der Waals surface area (Å²) in [4.78, 5) is 32.0. The lowest BCUT2D eigenvalue weighted by molar-refractivity contribution is -0.149. The Bertz CT molecular complexity index is 941. The normalized spacial score (nSPS) is 23.0. The van der Waals surface area contributed by atoms with Crippen LogP contribution in [0.4, 0.5) is 0 Å². The zero-order valence-electron chi connectivity index (χ0n) is 16.8. The van der Waals surface area contributed by atoms with Gasteiger partial charge in [-0.1, -0.05) is 11.2 Å². The SMILES string of the molecule is COc1cccc(C(=O)N2CC3COCCN3C3(C2)CN(C(=O)c2ccno2)C3)c1. The Morgan fingerprint density at radius 2 is 2.00 bits per heavy atom. The topological polar surface area (TPSA) is 88.4 Å². The Kier molecular flexibility index (Phi) is 4.71. The molecule has 0 aliphatic carbocycles. The van der Waals surface area contributed by atoms with Crippen LogP contribution in [0.1, 0.15) is 20.9 Å². The number of hydrogen-bond donors (Lipinski definition) is 0. The molecule has 3 fully saturated rings. The molecule has 3 aliphatic heterocycles. The second-order valence-electron chi connectivity index (χ2n) is 8.10. The second-order valence-corrected chi connectivity index (χ2v) is 8.10. The largest absolute Gasteiger partial charge is 0.497 e. The van der Waals surface area contributed by atoms with E-state index in [4.69, 9.17) is 14.0 Å². The van der Waals surface area contributed by atoms with E-state index in [2.05, 4.69) is 10.1 Å². The molecule has 0 radical (unpaired) electrons. The average Bonchev–Trinajstić information content (AvgIpc) is 3.30. The molecule has 1 aromatic carbocycles. The predicted molar refractivity (Wildman–Crippen MR) is 105 cm³/mol. The Morgan fingerprint density at radius 1 is 1.17 bits per heavy atom. The second kappa shape index (κ2) is 7.41. The third-order valence-corrected chi connectivity index (χ3v) is 6.26. The van der Waals surface area contributed by atoms with E-state index >= 15 is 0 Å². The highest BCUT2D eigenvalue weighted by atomic mass is 16.5. The van der Waals surface area contributed by atoms with Crippen LogP contribution in [0.2, 0.25) is 0 Å². The number of carbonyl (C=O) groups is 2. The van der Waals surface area contributed by atoms with Crippen molar-refractivity contribution in [2.24, 2.45) is 0 Å². The third-order valence-electron chi connectivity index (χ3n) is 6.26. The average molecular weight is 412 g/mol. The van der Waals surface area contributed by atoms with Gasteiger partial charge in [-0.15, -0.1) is 0 Å². The van der Waals surface area contributed by atoms with Gasteiger partial charge in [0.25, 0.3) is 11.8 Å². The van der Waals surface area contributed by atoms with E-state index < -0.39 is 0 Å². The highest BCUT2D eigenvalue weighted by Crippen LogP contribution is 2.37. The van der Waals surface area contributed by atoms with Crippen LogP contribution in [-0.4, -0.2) is 96.3 Å². The van der Waals surface area contributed by atoms with Crippen molar-refractivity contribution < 1.29 is 23.6 Å². The number of likely N-dealkylation sites (tertiary alicyclic amines) is 1. The quantitative estimate of drug-likeness (QED) is 0.735. The van der Waals surface area contributed by atoms with E-state index in [0.29, 0.717) is 50.7 Å². The van der Waals surface area contributed by atoms with Gasteiger partial charge in [0.2, 0.25) is 5.76 Å². The van der Waals surface area contributed by atoms with E-state index in [1.807, 2.05) is 23.1 Å². The summed E-state index contributed by atoms with van der Waals surface area (Å²) in [7, 11) is 1.59. The molecule has 5 rings (SSSR count). The molecule has 9 heteroatoms. The zero-order valence-corrected chi connectivity index (χ0v) is 16.8. The fourth-order valence-electron chi connectivity index (χ4n) is 4.86. The molecule has 9 nitrogen and oxygen atoms in total. The summed E-state index contributed by atoms with van der Waals surface area (Å²) in [6, 6.07) is 8.91. The lowest BCUT2D eigenvalue weighted by Gasteiger charge is -2.63. The van der Waals surface area contributed by atoms with E-state index in [1.165, 1.54) is 6.20 Å². The molecule has 0 bridgehead atoms. The standard InChI is InChI=1S/C21H24N4O5/c1-28-17-4-2-3-15(9-17)19(26)23-10-16-11-29-8-7-25(16)21(12-23)13-24(14-21)20(27)18-5-6-22-30-18/h2-6,9,16H,7-8,10-14H2,1H3. The number of piperazine rings is 1. The van der Waals surface area contributed by atoms with Crippen molar-refractivity contribution in [3.8, 4) is 5.75 Å². The van der Waals surface area contributed by atoms with Crippen molar-refractivity contribution in [2.75, 3.05) is 53.0 Å². The van der Waals surface area contributed by atoms with E-state index in [1.54, 1.807) is 24.1 Å². The van der Waals surface area contributed by atoms with Crippen molar-refractivity contribution in [1.29, 1.82) is 0 Å². The molecule has 3 aliphatic rings. The summed E-state index contributed by atoms with van der Waals surface area (Å²) in [5.41, 5.74) is 0.334. The fourth-order valence-corrected chi connectivity index (χ4v) is 4.86. The minimum Gasteiger partial charge on any atom is -0.497 e. The summed E-state index contributed by atoms with van der Waals surface area (Å²) in [5, 5.41) is 3.62. The zero-order chi connectivity index (χ0) is 20.7. The number of benzene rings is 1. The monoisotopic (exact) mass is 412 g/mol. The highest BCUT2D eigenvalue weighted by Gasteiger charge is 2.56. The van der Waals surface area contributed by atoms with Crippen LogP contribution in [0.5, 0.6) is 5.75 Å². The van der Waals surface area contributed by atoms with Gasteiger partial charge in [0, 0.05) is 44.4 Å². The van der Waals surface area contributed by atoms with Crippen LogP contribution in [0.25, 0.3) is 0 Å².